The van der Waals surface area contributed by atoms with Crippen molar-refractivity contribution >= 4 is 0 Å². The highest BCUT2D eigenvalue weighted by Gasteiger charge is 2.19. The van der Waals surface area contributed by atoms with E-state index in [1.807, 2.05) is 140 Å². The topological polar surface area (TPSA) is 53.4 Å². The molecule has 7 rings (SSSR count). The second kappa shape index (κ2) is 12.2. The molecule has 1 heterocycles. The molecule has 0 amide bonds. The Morgan fingerprint density at radius 1 is 0.348 bits per heavy atom. The molecular formula is C43H33NO2. The number of aromatic hydroxyl groups is 2. The average molecular weight is 596 g/mol. The summed E-state index contributed by atoms with van der Waals surface area (Å²) < 4.78 is 0. The molecular weight excluding hydrogens is 562 g/mol. The number of aromatic nitrogens is 1. The molecule has 0 unspecified atom stereocenters. The molecule has 222 valence electrons. The average Bonchev–Trinajstić information content (AvgIpc) is 3.11. The Labute approximate surface area is 269 Å². The van der Waals surface area contributed by atoms with Crippen molar-refractivity contribution in [2.24, 2.45) is 0 Å². The number of rotatable bonds is 6. The summed E-state index contributed by atoms with van der Waals surface area (Å²) in [6.45, 7) is 4.11. The fourth-order valence-electron chi connectivity index (χ4n) is 6.26. The normalized spacial score (nSPS) is 11.0. The molecule has 0 radical (unpaired) electrons. The zero-order chi connectivity index (χ0) is 31.6. The van der Waals surface area contributed by atoms with Gasteiger partial charge in [-0.15, -0.1) is 0 Å². The molecule has 3 heteroatoms. The first-order valence-corrected chi connectivity index (χ1v) is 15.4. The summed E-state index contributed by atoms with van der Waals surface area (Å²) in [5.41, 5.74) is 12.4. The maximum atomic E-state index is 11.6. The molecule has 46 heavy (non-hydrogen) atoms. The van der Waals surface area contributed by atoms with E-state index in [1.165, 1.54) is 0 Å². The van der Waals surface area contributed by atoms with E-state index in [-0.39, 0.29) is 11.5 Å². The Kier molecular flexibility index (Phi) is 7.66. The van der Waals surface area contributed by atoms with E-state index in [2.05, 4.69) is 26.0 Å². The molecule has 2 N–H and O–H groups in total. The largest absolute Gasteiger partial charge is 0.507 e. The van der Waals surface area contributed by atoms with Gasteiger partial charge in [0.05, 0.1) is 11.4 Å². The van der Waals surface area contributed by atoms with Crippen LogP contribution in [0.1, 0.15) is 11.1 Å². The number of nitrogens with zero attached hydrogens (tertiary/aromatic N) is 1. The maximum absolute atomic E-state index is 11.6. The van der Waals surface area contributed by atoms with Gasteiger partial charge in [-0.2, -0.15) is 0 Å². The van der Waals surface area contributed by atoms with Crippen molar-refractivity contribution in [3.05, 3.63) is 163 Å². The van der Waals surface area contributed by atoms with Gasteiger partial charge in [-0.05, 0) is 83.6 Å². The van der Waals surface area contributed by atoms with Crippen molar-refractivity contribution < 1.29 is 10.2 Å². The van der Waals surface area contributed by atoms with Crippen LogP contribution in [0.4, 0.5) is 0 Å². The SMILES string of the molecule is Cc1cc(-c2ccccc2)c(O)c(-c2ccccc2-c2cccc(-c3ccccc3-c3cc(C)cc(-c4ccccc4)c3O)n2)c1. The lowest BCUT2D eigenvalue weighted by Crippen LogP contribution is -1.94. The summed E-state index contributed by atoms with van der Waals surface area (Å²) in [7, 11) is 0. The molecule has 0 saturated heterocycles. The van der Waals surface area contributed by atoms with Crippen LogP contribution in [0.2, 0.25) is 0 Å². The maximum Gasteiger partial charge on any atom is 0.131 e. The van der Waals surface area contributed by atoms with Crippen LogP contribution in [-0.4, -0.2) is 15.2 Å². The van der Waals surface area contributed by atoms with Crippen LogP contribution >= 0.6 is 0 Å². The first-order valence-electron chi connectivity index (χ1n) is 15.4. The Morgan fingerprint density at radius 2 is 0.696 bits per heavy atom. The molecule has 0 saturated carbocycles. The van der Waals surface area contributed by atoms with Crippen LogP contribution < -0.4 is 0 Å². The molecule has 0 aliphatic rings. The number of phenols is 2. The van der Waals surface area contributed by atoms with Gasteiger partial charge in [0.15, 0.2) is 0 Å². The second-order valence-corrected chi connectivity index (χ2v) is 11.6. The lowest BCUT2D eigenvalue weighted by molar-refractivity contribution is 0.478. The fourth-order valence-corrected chi connectivity index (χ4v) is 6.26. The summed E-state index contributed by atoms with van der Waals surface area (Å²) in [6.07, 6.45) is 0. The molecule has 1 aromatic heterocycles. The van der Waals surface area contributed by atoms with E-state index in [4.69, 9.17) is 4.98 Å². The molecule has 0 bridgehead atoms. The minimum absolute atomic E-state index is 0.245. The van der Waals surface area contributed by atoms with Gasteiger partial charge in [0, 0.05) is 33.4 Å². The molecule has 0 aliphatic heterocycles. The Hall–Kier alpha value is -5.93. The van der Waals surface area contributed by atoms with Gasteiger partial charge in [0.25, 0.3) is 0 Å². The van der Waals surface area contributed by atoms with Gasteiger partial charge in [0.2, 0.25) is 0 Å². The summed E-state index contributed by atoms with van der Waals surface area (Å²) >= 11 is 0. The van der Waals surface area contributed by atoms with Crippen LogP contribution in [0.15, 0.2) is 152 Å². The molecule has 3 nitrogen and oxygen atoms in total. The van der Waals surface area contributed by atoms with Crippen LogP contribution in [0.25, 0.3) is 67.0 Å². The number of benzene rings is 6. The highest BCUT2D eigenvalue weighted by atomic mass is 16.3. The van der Waals surface area contributed by atoms with Gasteiger partial charge in [-0.25, -0.2) is 4.98 Å². The van der Waals surface area contributed by atoms with Crippen molar-refractivity contribution in [2.75, 3.05) is 0 Å². The Morgan fingerprint density at radius 3 is 1.11 bits per heavy atom. The Bertz CT molecular complexity index is 2030. The van der Waals surface area contributed by atoms with Crippen molar-refractivity contribution in [1.29, 1.82) is 0 Å². The molecule has 0 atom stereocenters. The predicted molar refractivity (Wildman–Crippen MR) is 190 cm³/mol. The minimum atomic E-state index is 0.245. The van der Waals surface area contributed by atoms with Crippen LogP contribution in [-0.2, 0) is 0 Å². The highest BCUT2D eigenvalue weighted by molar-refractivity contribution is 5.92. The first kappa shape index (κ1) is 28.8. The third-order valence-electron chi connectivity index (χ3n) is 8.41. The number of hydrogen-bond donors (Lipinski definition) is 2. The minimum Gasteiger partial charge on any atom is -0.507 e. The third kappa shape index (κ3) is 5.44. The number of pyridine rings is 1. The van der Waals surface area contributed by atoms with Crippen molar-refractivity contribution in [3.8, 4) is 78.5 Å². The van der Waals surface area contributed by atoms with E-state index < -0.39 is 0 Å². The van der Waals surface area contributed by atoms with E-state index in [1.54, 1.807) is 0 Å². The standard InChI is InChI=1S/C43H33NO2/c1-28-24-36(30-14-5-3-6-15-30)42(45)38(26-28)32-18-9-11-20-34(32)40-22-13-23-41(44-40)35-21-12-10-19-33(35)39-27-29(2)25-37(43(39)46)31-16-7-4-8-17-31/h3-27,45-46H,1-2H3. The van der Waals surface area contributed by atoms with Crippen LogP contribution in [0.5, 0.6) is 11.5 Å². The van der Waals surface area contributed by atoms with Gasteiger partial charge in [0.1, 0.15) is 11.5 Å². The third-order valence-corrected chi connectivity index (χ3v) is 8.41. The zero-order valence-electron chi connectivity index (χ0n) is 25.8. The van der Waals surface area contributed by atoms with E-state index in [0.717, 1.165) is 78.1 Å². The molecule has 0 aliphatic carbocycles. The first-order chi connectivity index (χ1) is 22.5. The van der Waals surface area contributed by atoms with Crippen LogP contribution in [0.3, 0.4) is 0 Å². The van der Waals surface area contributed by atoms with Gasteiger partial charge < -0.3 is 10.2 Å². The van der Waals surface area contributed by atoms with Crippen molar-refractivity contribution in [3.63, 3.8) is 0 Å². The van der Waals surface area contributed by atoms with Gasteiger partial charge in [-0.1, -0.05) is 115 Å². The summed E-state index contributed by atoms with van der Waals surface area (Å²) in [5, 5.41) is 23.2. The van der Waals surface area contributed by atoms with E-state index in [0.29, 0.717) is 0 Å². The van der Waals surface area contributed by atoms with Crippen molar-refractivity contribution in [1.82, 2.24) is 4.98 Å². The predicted octanol–water partition coefficient (Wildman–Crippen LogP) is 11.1. The number of phenolic OH excluding ortho intramolecular Hbond substituents is 2. The number of aryl methyl sites for hydroxylation is 2. The zero-order valence-corrected chi connectivity index (χ0v) is 25.8. The molecule has 6 aromatic carbocycles. The Balaban J connectivity index is 1.35. The number of hydrogen-bond acceptors (Lipinski definition) is 3. The quantitative estimate of drug-likeness (QED) is 0.201. The lowest BCUT2D eigenvalue weighted by atomic mass is 9.90. The summed E-state index contributed by atoms with van der Waals surface area (Å²) in [6, 6.07) is 50.3. The van der Waals surface area contributed by atoms with E-state index >= 15 is 0 Å². The summed E-state index contributed by atoms with van der Waals surface area (Å²) in [5.74, 6) is 0.491. The molecule has 0 fully saturated rings. The highest BCUT2D eigenvalue weighted by Crippen LogP contribution is 2.44. The lowest BCUT2D eigenvalue weighted by Gasteiger charge is -2.17. The van der Waals surface area contributed by atoms with E-state index in [9.17, 15) is 10.2 Å². The van der Waals surface area contributed by atoms with Gasteiger partial charge in [-0.3, -0.25) is 0 Å². The van der Waals surface area contributed by atoms with Crippen LogP contribution in [0, 0.1) is 13.8 Å². The molecule has 0 spiro atoms. The monoisotopic (exact) mass is 595 g/mol. The van der Waals surface area contributed by atoms with Gasteiger partial charge >= 0.3 is 0 Å². The van der Waals surface area contributed by atoms with Crippen molar-refractivity contribution in [2.45, 2.75) is 13.8 Å². The fraction of sp³-hybridized carbons (Fsp3) is 0.0465. The second-order valence-electron chi connectivity index (χ2n) is 11.6. The summed E-state index contributed by atoms with van der Waals surface area (Å²) in [4.78, 5) is 5.19. The molecule has 7 aromatic rings. The smallest absolute Gasteiger partial charge is 0.131 e.